The molecule has 0 aliphatic rings. The van der Waals surface area contributed by atoms with Gasteiger partial charge in [-0.05, 0) is 30.2 Å². The van der Waals surface area contributed by atoms with Gasteiger partial charge in [0.2, 0.25) is 0 Å². The first-order valence-electron chi connectivity index (χ1n) is 3.21. The van der Waals surface area contributed by atoms with Crippen molar-refractivity contribution >= 4 is 12.6 Å². The molecule has 0 aliphatic carbocycles. The van der Waals surface area contributed by atoms with E-state index in [4.69, 9.17) is 0 Å². The molecule has 0 radical (unpaired) electrons. The normalized spacial score (nSPS) is 9.90. The summed E-state index contributed by atoms with van der Waals surface area (Å²) in [6.45, 7) is 1.98. The molecule has 0 fully saturated rings. The molecule has 0 aliphatic heterocycles. The highest BCUT2D eigenvalue weighted by molar-refractivity contribution is 7.80. The number of benzene rings is 1. The molecule has 10 heavy (non-hydrogen) atoms. The fourth-order valence-corrected chi connectivity index (χ4v) is 1.13. The lowest BCUT2D eigenvalue weighted by molar-refractivity contribution is 0.624. The zero-order valence-corrected chi connectivity index (χ0v) is 6.66. The molecule has 0 N–H and O–H groups in total. The van der Waals surface area contributed by atoms with E-state index in [0.717, 1.165) is 16.9 Å². The molecular formula is C8H9FS. The third kappa shape index (κ3) is 1.51. The Morgan fingerprint density at radius 3 is 2.70 bits per heavy atom. The molecule has 0 amide bonds. The smallest absolute Gasteiger partial charge is 0.123 e. The highest BCUT2D eigenvalue weighted by atomic mass is 32.1. The Bertz CT molecular complexity index is 233. The first-order chi connectivity index (χ1) is 4.74. The van der Waals surface area contributed by atoms with Crippen LogP contribution in [-0.4, -0.2) is 0 Å². The highest BCUT2D eigenvalue weighted by Gasteiger charge is 1.96. The van der Waals surface area contributed by atoms with Gasteiger partial charge < -0.3 is 0 Å². The minimum absolute atomic E-state index is 0.186. The van der Waals surface area contributed by atoms with Crippen LogP contribution in [0.25, 0.3) is 0 Å². The molecule has 0 unspecified atom stereocenters. The van der Waals surface area contributed by atoms with Crippen molar-refractivity contribution in [3.05, 3.63) is 29.6 Å². The van der Waals surface area contributed by atoms with Gasteiger partial charge in [-0.2, -0.15) is 0 Å². The number of rotatable bonds is 1. The van der Waals surface area contributed by atoms with E-state index in [9.17, 15) is 4.39 Å². The Hall–Kier alpha value is -0.500. The fourth-order valence-electron chi connectivity index (χ4n) is 0.837. The molecule has 0 saturated carbocycles. The van der Waals surface area contributed by atoms with Gasteiger partial charge in [0.05, 0.1) is 0 Å². The van der Waals surface area contributed by atoms with E-state index in [1.165, 1.54) is 12.1 Å². The van der Waals surface area contributed by atoms with Gasteiger partial charge >= 0.3 is 0 Å². The summed E-state index contributed by atoms with van der Waals surface area (Å²) in [6, 6.07) is 4.61. The Balaban J connectivity index is 3.09. The van der Waals surface area contributed by atoms with E-state index in [1.54, 1.807) is 6.07 Å². The summed E-state index contributed by atoms with van der Waals surface area (Å²) < 4.78 is 12.5. The second kappa shape index (κ2) is 3.06. The van der Waals surface area contributed by atoms with E-state index >= 15 is 0 Å². The molecule has 0 bridgehead atoms. The Morgan fingerprint density at radius 2 is 2.20 bits per heavy atom. The van der Waals surface area contributed by atoms with Crippen molar-refractivity contribution in [3.8, 4) is 0 Å². The summed E-state index contributed by atoms with van der Waals surface area (Å²) in [7, 11) is 0. The van der Waals surface area contributed by atoms with E-state index in [2.05, 4.69) is 12.6 Å². The zero-order chi connectivity index (χ0) is 7.56. The van der Waals surface area contributed by atoms with Gasteiger partial charge in [-0.25, -0.2) is 4.39 Å². The number of aryl methyl sites for hydroxylation is 1. The van der Waals surface area contributed by atoms with Crippen molar-refractivity contribution in [2.75, 3.05) is 0 Å². The van der Waals surface area contributed by atoms with Gasteiger partial charge in [0, 0.05) is 4.90 Å². The number of hydrogen-bond acceptors (Lipinski definition) is 1. The molecule has 2 heteroatoms. The molecule has 1 aromatic rings. The van der Waals surface area contributed by atoms with Crippen LogP contribution in [0.15, 0.2) is 23.1 Å². The van der Waals surface area contributed by atoms with Crippen LogP contribution in [0.2, 0.25) is 0 Å². The van der Waals surface area contributed by atoms with E-state index in [1.807, 2.05) is 6.92 Å². The van der Waals surface area contributed by atoms with Crippen LogP contribution < -0.4 is 0 Å². The summed E-state index contributed by atoms with van der Waals surface area (Å²) >= 11 is 4.16. The number of thiol groups is 1. The monoisotopic (exact) mass is 156 g/mol. The molecular weight excluding hydrogens is 147 g/mol. The lowest BCUT2D eigenvalue weighted by Gasteiger charge is -1.99. The Labute approximate surface area is 65.5 Å². The molecule has 0 nitrogen and oxygen atoms in total. The van der Waals surface area contributed by atoms with Crippen LogP contribution in [0.1, 0.15) is 12.5 Å². The number of hydrogen-bond donors (Lipinski definition) is 1. The van der Waals surface area contributed by atoms with Crippen LogP contribution in [0.4, 0.5) is 4.39 Å². The first kappa shape index (κ1) is 7.61. The van der Waals surface area contributed by atoms with Crippen molar-refractivity contribution in [2.45, 2.75) is 18.2 Å². The second-order valence-electron chi connectivity index (χ2n) is 2.13. The van der Waals surface area contributed by atoms with Gasteiger partial charge in [0.15, 0.2) is 0 Å². The highest BCUT2D eigenvalue weighted by Crippen LogP contribution is 2.14. The summed E-state index contributed by atoms with van der Waals surface area (Å²) in [4.78, 5) is 0.865. The molecule has 0 atom stereocenters. The molecule has 54 valence electrons. The predicted octanol–water partition coefficient (Wildman–Crippen LogP) is 2.68. The average Bonchev–Trinajstić information content (AvgIpc) is 1.94. The minimum Gasteiger partial charge on any atom is -0.207 e. The van der Waals surface area contributed by atoms with Gasteiger partial charge in [0.1, 0.15) is 5.82 Å². The van der Waals surface area contributed by atoms with Crippen molar-refractivity contribution in [1.82, 2.24) is 0 Å². The van der Waals surface area contributed by atoms with E-state index < -0.39 is 0 Å². The van der Waals surface area contributed by atoms with Gasteiger partial charge in [-0.15, -0.1) is 12.6 Å². The van der Waals surface area contributed by atoms with E-state index in [-0.39, 0.29) is 5.82 Å². The van der Waals surface area contributed by atoms with Crippen molar-refractivity contribution in [2.24, 2.45) is 0 Å². The Morgan fingerprint density at radius 1 is 1.50 bits per heavy atom. The van der Waals surface area contributed by atoms with Crippen molar-refractivity contribution in [1.29, 1.82) is 0 Å². The SMILES string of the molecule is CCc1cc(F)ccc1S. The van der Waals surface area contributed by atoms with Crippen LogP contribution in [0.5, 0.6) is 0 Å². The largest absolute Gasteiger partial charge is 0.207 e. The minimum atomic E-state index is -0.186. The number of halogens is 1. The third-order valence-corrected chi connectivity index (χ3v) is 1.86. The zero-order valence-electron chi connectivity index (χ0n) is 5.76. The summed E-state index contributed by atoms with van der Waals surface area (Å²) in [5.74, 6) is -0.186. The molecule has 0 aromatic heterocycles. The summed E-state index contributed by atoms with van der Waals surface area (Å²) in [5, 5.41) is 0. The fraction of sp³-hybridized carbons (Fsp3) is 0.250. The lowest BCUT2D eigenvalue weighted by Crippen LogP contribution is -1.84. The standard InChI is InChI=1S/C8H9FS/c1-2-6-5-7(9)3-4-8(6)10/h3-5,10H,2H2,1H3. The maximum Gasteiger partial charge on any atom is 0.123 e. The topological polar surface area (TPSA) is 0 Å². The molecule has 0 heterocycles. The van der Waals surface area contributed by atoms with Gasteiger partial charge in [-0.3, -0.25) is 0 Å². The van der Waals surface area contributed by atoms with Gasteiger partial charge in [0.25, 0.3) is 0 Å². The van der Waals surface area contributed by atoms with Crippen molar-refractivity contribution < 1.29 is 4.39 Å². The second-order valence-corrected chi connectivity index (χ2v) is 2.61. The average molecular weight is 156 g/mol. The maximum atomic E-state index is 12.5. The van der Waals surface area contributed by atoms with Crippen molar-refractivity contribution in [3.63, 3.8) is 0 Å². The van der Waals surface area contributed by atoms with Crippen LogP contribution in [0.3, 0.4) is 0 Å². The molecule has 0 spiro atoms. The first-order valence-corrected chi connectivity index (χ1v) is 3.66. The predicted molar refractivity (Wildman–Crippen MR) is 43.0 cm³/mol. The Kier molecular flexibility index (Phi) is 2.33. The lowest BCUT2D eigenvalue weighted by atomic mass is 10.2. The molecule has 1 aromatic carbocycles. The summed E-state index contributed by atoms with van der Waals surface area (Å²) in [5.41, 5.74) is 0.961. The van der Waals surface area contributed by atoms with Crippen LogP contribution in [0, 0.1) is 5.82 Å². The van der Waals surface area contributed by atoms with E-state index in [0.29, 0.717) is 0 Å². The van der Waals surface area contributed by atoms with Gasteiger partial charge in [-0.1, -0.05) is 6.92 Å². The maximum absolute atomic E-state index is 12.5. The third-order valence-electron chi connectivity index (χ3n) is 1.42. The van der Waals surface area contributed by atoms with Crippen LogP contribution in [-0.2, 0) is 6.42 Å². The molecule has 0 saturated heterocycles. The molecule has 1 rings (SSSR count). The summed E-state index contributed by atoms with van der Waals surface area (Å²) in [6.07, 6.45) is 0.830. The van der Waals surface area contributed by atoms with Crippen LogP contribution >= 0.6 is 12.6 Å². The quantitative estimate of drug-likeness (QED) is 0.594.